The van der Waals surface area contributed by atoms with E-state index >= 15 is 0 Å². The van der Waals surface area contributed by atoms with E-state index in [0.717, 1.165) is 26.8 Å². The highest BCUT2D eigenvalue weighted by Gasteiger charge is 2.19. The van der Waals surface area contributed by atoms with E-state index in [1.54, 1.807) is 12.3 Å². The highest BCUT2D eigenvalue weighted by molar-refractivity contribution is 6.33. The van der Waals surface area contributed by atoms with Gasteiger partial charge in [-0.15, -0.1) is 0 Å². The van der Waals surface area contributed by atoms with Crippen LogP contribution in [0.4, 0.5) is 0 Å². The molecule has 0 radical (unpaired) electrons. The largest absolute Gasteiger partial charge is 0.425 e. The summed E-state index contributed by atoms with van der Waals surface area (Å²) in [4.78, 5) is 4.39. The van der Waals surface area contributed by atoms with Crippen LogP contribution in [0.15, 0.2) is 72.9 Å². The summed E-state index contributed by atoms with van der Waals surface area (Å²) in [5.74, 6) is 0.670. The topological polar surface area (TPSA) is 46.2 Å². The van der Waals surface area contributed by atoms with Gasteiger partial charge >= 0.3 is 11.0 Å². The fourth-order valence-corrected chi connectivity index (χ4v) is 3.22. The van der Waals surface area contributed by atoms with Crippen LogP contribution in [0.25, 0.3) is 22.0 Å². The van der Waals surface area contributed by atoms with Crippen molar-refractivity contribution in [3.8, 4) is 22.8 Å². The number of pyridine rings is 2. The van der Waals surface area contributed by atoms with Crippen molar-refractivity contribution < 1.29 is 14.7 Å². The van der Waals surface area contributed by atoms with Gasteiger partial charge in [0.2, 0.25) is 0 Å². The van der Waals surface area contributed by atoms with Crippen LogP contribution in [0.3, 0.4) is 0 Å². The molecule has 4 rings (SSSR count). The SMILES string of the molecule is O[n+]1c(Cl)cc(Cl)cc1Oc1cccc(-c2ccnc3ccccc23)c1. The summed E-state index contributed by atoms with van der Waals surface area (Å²) in [6, 6.07) is 20.4. The van der Waals surface area contributed by atoms with Crippen molar-refractivity contribution in [3.05, 3.63) is 83.1 Å². The maximum atomic E-state index is 10.0. The van der Waals surface area contributed by atoms with E-state index in [9.17, 15) is 5.21 Å². The van der Waals surface area contributed by atoms with Gasteiger partial charge in [0.15, 0.2) is 0 Å². The molecule has 0 aliphatic rings. The monoisotopic (exact) mass is 383 g/mol. The molecule has 0 aliphatic heterocycles. The second-order valence-electron chi connectivity index (χ2n) is 5.65. The summed E-state index contributed by atoms with van der Waals surface area (Å²) >= 11 is 11.9. The van der Waals surface area contributed by atoms with Crippen molar-refractivity contribution in [2.75, 3.05) is 0 Å². The molecular weight excluding hydrogens is 371 g/mol. The number of fused-ring (bicyclic) bond motifs is 1. The van der Waals surface area contributed by atoms with Crippen molar-refractivity contribution >= 4 is 34.1 Å². The lowest BCUT2D eigenvalue weighted by molar-refractivity contribution is -0.904. The minimum Gasteiger partial charge on any atom is -0.402 e. The first-order valence-electron chi connectivity index (χ1n) is 7.84. The van der Waals surface area contributed by atoms with E-state index in [-0.39, 0.29) is 11.0 Å². The second-order valence-corrected chi connectivity index (χ2v) is 6.48. The molecule has 0 unspecified atom stereocenters. The third kappa shape index (κ3) is 3.17. The number of para-hydroxylation sites is 1. The van der Waals surface area contributed by atoms with E-state index in [1.807, 2.05) is 48.5 Å². The van der Waals surface area contributed by atoms with E-state index in [0.29, 0.717) is 10.8 Å². The van der Waals surface area contributed by atoms with Gasteiger partial charge in [-0.05, 0) is 47.0 Å². The van der Waals surface area contributed by atoms with Crippen molar-refractivity contribution in [1.82, 2.24) is 4.98 Å². The maximum Gasteiger partial charge on any atom is 0.425 e. The summed E-state index contributed by atoms with van der Waals surface area (Å²) in [7, 11) is 0. The molecule has 1 N–H and O–H groups in total. The standard InChI is InChI=1S/C20H13Cl2N2O2/c21-14-11-19(22)24(25)20(12-14)26-15-5-3-4-13(10-15)16-8-9-23-18-7-2-1-6-17(16)18/h1-12,25H/q+1. The Kier molecular flexibility index (Phi) is 4.37. The zero-order chi connectivity index (χ0) is 18.1. The summed E-state index contributed by atoms with van der Waals surface area (Å²) < 4.78 is 6.51. The summed E-state index contributed by atoms with van der Waals surface area (Å²) in [6.07, 6.45) is 1.78. The van der Waals surface area contributed by atoms with Gasteiger partial charge in [-0.1, -0.05) is 41.9 Å². The molecule has 0 atom stereocenters. The van der Waals surface area contributed by atoms with Crippen LogP contribution < -0.4 is 9.47 Å². The average molecular weight is 384 g/mol. The summed E-state index contributed by atoms with van der Waals surface area (Å²) in [5.41, 5.74) is 2.94. The zero-order valence-electron chi connectivity index (χ0n) is 13.4. The number of rotatable bonds is 3. The van der Waals surface area contributed by atoms with E-state index in [2.05, 4.69) is 4.98 Å². The molecule has 4 nitrogen and oxygen atoms in total. The van der Waals surface area contributed by atoms with Crippen molar-refractivity contribution in [2.24, 2.45) is 0 Å². The molecule has 0 fully saturated rings. The molecule has 2 heterocycles. The maximum absolute atomic E-state index is 10.0. The number of aromatic nitrogens is 2. The Morgan fingerprint density at radius 2 is 1.77 bits per heavy atom. The summed E-state index contributed by atoms with van der Waals surface area (Å²) in [6.45, 7) is 0. The molecule has 26 heavy (non-hydrogen) atoms. The molecule has 0 bridgehead atoms. The molecule has 0 aliphatic carbocycles. The number of hydrogen-bond acceptors (Lipinski definition) is 3. The first-order chi connectivity index (χ1) is 12.6. The average Bonchev–Trinajstić information content (AvgIpc) is 2.65. The third-order valence-electron chi connectivity index (χ3n) is 3.95. The number of hydrogen-bond donors (Lipinski definition) is 1. The minimum atomic E-state index is 0.0591. The molecule has 0 spiro atoms. The lowest BCUT2D eigenvalue weighted by atomic mass is 10.0. The van der Waals surface area contributed by atoms with Gasteiger partial charge < -0.3 is 4.74 Å². The molecule has 2 aromatic heterocycles. The Labute approximate surface area is 159 Å². The normalized spacial score (nSPS) is 10.8. The molecule has 128 valence electrons. The first-order valence-corrected chi connectivity index (χ1v) is 8.60. The van der Waals surface area contributed by atoms with Crippen molar-refractivity contribution in [2.45, 2.75) is 0 Å². The molecule has 2 aromatic carbocycles. The lowest BCUT2D eigenvalue weighted by Crippen LogP contribution is -2.33. The predicted molar refractivity (Wildman–Crippen MR) is 101 cm³/mol. The van der Waals surface area contributed by atoms with Gasteiger partial charge in [0.05, 0.1) is 21.3 Å². The zero-order valence-corrected chi connectivity index (χ0v) is 14.9. The molecule has 0 saturated carbocycles. The van der Waals surface area contributed by atoms with Crippen LogP contribution in [0.2, 0.25) is 10.2 Å². The fourth-order valence-electron chi connectivity index (χ4n) is 2.77. The minimum absolute atomic E-state index is 0.0591. The van der Waals surface area contributed by atoms with Gasteiger partial charge in [-0.3, -0.25) is 10.2 Å². The first kappa shape index (κ1) is 16.6. The molecule has 0 saturated heterocycles. The Hall–Kier alpha value is -2.82. The van der Waals surface area contributed by atoms with Crippen LogP contribution in [0.5, 0.6) is 11.6 Å². The number of nitrogens with zero attached hydrogens (tertiary/aromatic N) is 2. The van der Waals surface area contributed by atoms with E-state index in [1.165, 1.54) is 12.1 Å². The van der Waals surface area contributed by atoms with Crippen molar-refractivity contribution in [1.29, 1.82) is 0 Å². The quantitative estimate of drug-likeness (QED) is 0.287. The third-order valence-corrected chi connectivity index (χ3v) is 4.43. The number of halogens is 2. The smallest absolute Gasteiger partial charge is 0.402 e. The van der Waals surface area contributed by atoms with Crippen molar-refractivity contribution in [3.63, 3.8) is 0 Å². The molecule has 6 heteroatoms. The fraction of sp³-hybridized carbons (Fsp3) is 0. The Morgan fingerprint density at radius 3 is 2.65 bits per heavy atom. The molecule has 4 aromatic rings. The van der Waals surface area contributed by atoms with Gasteiger partial charge in [0.1, 0.15) is 5.75 Å². The van der Waals surface area contributed by atoms with Crippen LogP contribution in [-0.2, 0) is 0 Å². The molecular formula is C20H13Cl2N2O2+. The van der Waals surface area contributed by atoms with Crippen LogP contribution in [0, 0.1) is 0 Å². The van der Waals surface area contributed by atoms with Gasteiger partial charge in [0.25, 0.3) is 0 Å². The van der Waals surface area contributed by atoms with Crippen LogP contribution >= 0.6 is 23.2 Å². The van der Waals surface area contributed by atoms with Gasteiger partial charge in [0, 0.05) is 17.6 Å². The van der Waals surface area contributed by atoms with Crippen LogP contribution in [0.1, 0.15) is 0 Å². The number of benzene rings is 2. The second kappa shape index (κ2) is 6.83. The molecule has 0 amide bonds. The number of ether oxygens (including phenoxy) is 1. The van der Waals surface area contributed by atoms with Gasteiger partial charge in [-0.25, -0.2) is 0 Å². The highest BCUT2D eigenvalue weighted by Crippen LogP contribution is 2.31. The Balaban J connectivity index is 1.76. The Bertz CT molecular complexity index is 1110. The van der Waals surface area contributed by atoms with Crippen LogP contribution in [-0.4, -0.2) is 10.2 Å². The predicted octanol–water partition coefficient (Wildman–Crippen LogP) is 5.53. The summed E-state index contributed by atoms with van der Waals surface area (Å²) in [5, 5.41) is 11.5. The van der Waals surface area contributed by atoms with E-state index < -0.39 is 0 Å². The Morgan fingerprint density at radius 1 is 0.923 bits per heavy atom. The van der Waals surface area contributed by atoms with E-state index in [4.69, 9.17) is 27.9 Å². The van der Waals surface area contributed by atoms with Gasteiger partial charge in [-0.2, -0.15) is 0 Å². The lowest BCUT2D eigenvalue weighted by Gasteiger charge is -2.08. The highest BCUT2D eigenvalue weighted by atomic mass is 35.5.